The predicted molar refractivity (Wildman–Crippen MR) is 115 cm³/mol. The molecule has 3 aromatic rings. The first-order valence-electron chi connectivity index (χ1n) is 10.3. The number of ether oxygens (including phenoxy) is 2. The fourth-order valence-corrected chi connectivity index (χ4v) is 2.93. The van der Waals surface area contributed by atoms with Crippen LogP contribution in [0.3, 0.4) is 0 Å². The normalized spacial score (nSPS) is 10.4. The number of hydrogen-bond donors (Lipinski definition) is 0. The molecule has 0 N–H and O–H groups in total. The van der Waals surface area contributed by atoms with E-state index in [9.17, 15) is 0 Å². The first-order chi connectivity index (χ1) is 14.8. The summed E-state index contributed by atoms with van der Waals surface area (Å²) >= 11 is 0. The molecule has 2 aromatic carbocycles. The second-order valence-electron chi connectivity index (χ2n) is 6.85. The summed E-state index contributed by atoms with van der Waals surface area (Å²) in [7, 11) is 0. The highest BCUT2D eigenvalue weighted by Crippen LogP contribution is 2.19. The molecule has 3 rings (SSSR count). The lowest BCUT2D eigenvalue weighted by atomic mass is 10.2. The average Bonchev–Trinajstić information content (AvgIpc) is 3.32. The molecule has 0 aliphatic rings. The highest BCUT2D eigenvalue weighted by atomic mass is 16.5. The Morgan fingerprint density at radius 3 is 2.03 bits per heavy atom. The highest BCUT2D eigenvalue weighted by molar-refractivity contribution is 5.49. The minimum Gasteiger partial charge on any atom is -0.494 e. The van der Waals surface area contributed by atoms with E-state index in [1.54, 1.807) is 12.7 Å². The van der Waals surface area contributed by atoms with E-state index in [1.807, 2.05) is 53.2 Å². The summed E-state index contributed by atoms with van der Waals surface area (Å²) < 4.78 is 13.4. The molecule has 0 radical (unpaired) electrons. The third kappa shape index (κ3) is 6.24. The third-order valence-electron chi connectivity index (χ3n) is 4.60. The SMILES string of the molecule is CCCCOc1ccc(OCCCCN(c2ccc(C#N)cc2)n2cnnc2)cc1. The van der Waals surface area contributed by atoms with Crippen LogP contribution in [0.2, 0.25) is 0 Å². The van der Waals surface area contributed by atoms with Crippen molar-refractivity contribution in [3.8, 4) is 17.6 Å². The lowest BCUT2D eigenvalue weighted by Gasteiger charge is -2.25. The maximum absolute atomic E-state index is 9.00. The van der Waals surface area contributed by atoms with Gasteiger partial charge in [0.2, 0.25) is 0 Å². The monoisotopic (exact) mass is 405 g/mol. The fraction of sp³-hybridized carbons (Fsp3) is 0.348. The third-order valence-corrected chi connectivity index (χ3v) is 4.60. The molecule has 0 unspecified atom stereocenters. The number of nitrogens with zero attached hydrogens (tertiary/aromatic N) is 5. The number of aromatic nitrogens is 3. The molecule has 156 valence electrons. The minimum absolute atomic E-state index is 0.637. The molecule has 0 aliphatic carbocycles. The van der Waals surface area contributed by atoms with Gasteiger partial charge in [0.1, 0.15) is 24.2 Å². The van der Waals surface area contributed by atoms with Crippen molar-refractivity contribution in [2.45, 2.75) is 32.6 Å². The largest absolute Gasteiger partial charge is 0.494 e. The molecule has 0 amide bonds. The smallest absolute Gasteiger partial charge is 0.139 e. The van der Waals surface area contributed by atoms with Crippen LogP contribution < -0.4 is 14.5 Å². The molecule has 30 heavy (non-hydrogen) atoms. The fourth-order valence-electron chi connectivity index (χ4n) is 2.93. The Hall–Kier alpha value is -3.53. The number of nitriles is 1. The van der Waals surface area contributed by atoms with Crippen LogP contribution in [0.4, 0.5) is 5.69 Å². The molecule has 0 spiro atoms. The molecule has 0 saturated carbocycles. The van der Waals surface area contributed by atoms with Gasteiger partial charge in [-0.2, -0.15) is 5.26 Å². The van der Waals surface area contributed by atoms with E-state index in [-0.39, 0.29) is 0 Å². The second-order valence-corrected chi connectivity index (χ2v) is 6.85. The van der Waals surface area contributed by atoms with Gasteiger partial charge in [0.15, 0.2) is 0 Å². The van der Waals surface area contributed by atoms with Gasteiger partial charge in [0.25, 0.3) is 0 Å². The van der Waals surface area contributed by atoms with Crippen molar-refractivity contribution in [1.82, 2.24) is 14.9 Å². The second kappa shape index (κ2) is 11.5. The van der Waals surface area contributed by atoms with Crippen molar-refractivity contribution in [2.75, 3.05) is 24.8 Å². The zero-order chi connectivity index (χ0) is 21.0. The van der Waals surface area contributed by atoms with E-state index >= 15 is 0 Å². The van der Waals surface area contributed by atoms with E-state index < -0.39 is 0 Å². The maximum Gasteiger partial charge on any atom is 0.139 e. The average molecular weight is 406 g/mol. The quantitative estimate of drug-likeness (QED) is 0.414. The zero-order valence-corrected chi connectivity index (χ0v) is 17.3. The summed E-state index contributed by atoms with van der Waals surface area (Å²) in [6.45, 7) is 4.31. The van der Waals surface area contributed by atoms with Crippen LogP contribution in [0.5, 0.6) is 11.5 Å². The highest BCUT2D eigenvalue weighted by Gasteiger charge is 2.09. The topological polar surface area (TPSA) is 76.2 Å². The number of anilines is 1. The van der Waals surface area contributed by atoms with Gasteiger partial charge in [-0.05, 0) is 67.8 Å². The number of hydrogen-bond acceptors (Lipinski definition) is 6. The number of rotatable bonds is 12. The summed E-state index contributed by atoms with van der Waals surface area (Å²) in [6, 6.07) is 17.4. The zero-order valence-electron chi connectivity index (χ0n) is 17.3. The molecular weight excluding hydrogens is 378 g/mol. The first kappa shape index (κ1) is 21.2. The molecule has 0 fully saturated rings. The van der Waals surface area contributed by atoms with Crippen LogP contribution in [0.1, 0.15) is 38.2 Å². The molecule has 1 aromatic heterocycles. The molecule has 7 heteroatoms. The van der Waals surface area contributed by atoms with Crippen molar-refractivity contribution in [2.24, 2.45) is 0 Å². The molecule has 0 saturated heterocycles. The van der Waals surface area contributed by atoms with Crippen molar-refractivity contribution in [3.63, 3.8) is 0 Å². The molecule has 0 atom stereocenters. The summed E-state index contributed by atoms with van der Waals surface area (Å²) in [5, 5.41) is 18.9. The molecule has 1 heterocycles. The van der Waals surface area contributed by atoms with E-state index in [4.69, 9.17) is 14.7 Å². The van der Waals surface area contributed by atoms with Crippen molar-refractivity contribution in [1.29, 1.82) is 5.26 Å². The van der Waals surface area contributed by atoms with E-state index in [2.05, 4.69) is 28.2 Å². The maximum atomic E-state index is 9.00. The summed E-state index contributed by atoms with van der Waals surface area (Å²) in [5.41, 5.74) is 1.62. The Morgan fingerprint density at radius 1 is 0.867 bits per heavy atom. The van der Waals surface area contributed by atoms with Gasteiger partial charge < -0.3 is 9.47 Å². The standard InChI is InChI=1S/C23H27N5O2/c1-2-3-15-29-22-10-12-23(13-11-22)30-16-5-4-14-28(27-18-25-26-19-27)21-8-6-20(17-24)7-9-21/h6-13,18-19H,2-5,14-16H2,1H3. The van der Waals surface area contributed by atoms with E-state index in [0.717, 1.165) is 56.0 Å². The van der Waals surface area contributed by atoms with Crippen LogP contribution >= 0.6 is 0 Å². The van der Waals surface area contributed by atoms with Gasteiger partial charge in [-0.1, -0.05) is 13.3 Å². The molecule has 7 nitrogen and oxygen atoms in total. The Bertz CT molecular complexity index is 902. The predicted octanol–water partition coefficient (Wildman–Crippen LogP) is 4.46. The lowest BCUT2D eigenvalue weighted by Crippen LogP contribution is -2.29. The number of benzene rings is 2. The van der Waals surface area contributed by atoms with Crippen LogP contribution in [-0.2, 0) is 0 Å². The van der Waals surface area contributed by atoms with Crippen LogP contribution in [0.15, 0.2) is 61.2 Å². The molecular formula is C23H27N5O2. The lowest BCUT2D eigenvalue weighted by molar-refractivity contribution is 0.299. The van der Waals surface area contributed by atoms with Gasteiger partial charge in [-0.15, -0.1) is 10.2 Å². The van der Waals surface area contributed by atoms with Gasteiger partial charge >= 0.3 is 0 Å². The van der Waals surface area contributed by atoms with Crippen molar-refractivity contribution in [3.05, 3.63) is 66.7 Å². The Kier molecular flexibility index (Phi) is 8.10. The van der Waals surface area contributed by atoms with Gasteiger partial charge in [-0.3, -0.25) is 5.01 Å². The Balaban J connectivity index is 1.46. The molecule has 0 bridgehead atoms. The summed E-state index contributed by atoms with van der Waals surface area (Å²) in [6.07, 6.45) is 7.35. The molecule has 0 aliphatic heterocycles. The summed E-state index contributed by atoms with van der Waals surface area (Å²) in [4.78, 5) is 0. The van der Waals surface area contributed by atoms with E-state index in [0.29, 0.717) is 12.2 Å². The number of unbranched alkanes of at least 4 members (excludes halogenated alkanes) is 2. The Morgan fingerprint density at radius 2 is 1.47 bits per heavy atom. The Labute approximate surface area is 177 Å². The van der Waals surface area contributed by atoms with Crippen LogP contribution in [0.25, 0.3) is 0 Å². The first-order valence-corrected chi connectivity index (χ1v) is 10.3. The van der Waals surface area contributed by atoms with Gasteiger partial charge in [-0.25, -0.2) is 4.68 Å². The van der Waals surface area contributed by atoms with Crippen molar-refractivity contribution >= 4 is 5.69 Å². The summed E-state index contributed by atoms with van der Waals surface area (Å²) in [5.74, 6) is 1.73. The van der Waals surface area contributed by atoms with Gasteiger partial charge in [0.05, 0.1) is 30.5 Å². The van der Waals surface area contributed by atoms with Crippen LogP contribution in [-0.4, -0.2) is 34.6 Å². The van der Waals surface area contributed by atoms with Gasteiger partial charge in [0, 0.05) is 6.54 Å². The minimum atomic E-state index is 0.637. The van der Waals surface area contributed by atoms with Crippen molar-refractivity contribution < 1.29 is 9.47 Å². The van der Waals surface area contributed by atoms with E-state index in [1.165, 1.54) is 0 Å². The van der Waals surface area contributed by atoms with Crippen LogP contribution in [0, 0.1) is 11.3 Å².